The number of hydrogen-bond acceptors (Lipinski definition) is 2. The van der Waals surface area contributed by atoms with Gasteiger partial charge < -0.3 is 4.98 Å². The van der Waals surface area contributed by atoms with E-state index >= 15 is 0 Å². The van der Waals surface area contributed by atoms with Crippen LogP contribution < -0.4 is 0 Å². The molecule has 0 spiro atoms. The fourth-order valence-corrected chi connectivity index (χ4v) is 3.53. The van der Waals surface area contributed by atoms with Gasteiger partial charge in [0.2, 0.25) is 0 Å². The van der Waals surface area contributed by atoms with E-state index in [4.69, 9.17) is 0 Å². The Balaban J connectivity index is 1.78. The molecule has 0 radical (unpaired) electrons. The minimum absolute atomic E-state index is 0.835. The minimum atomic E-state index is 0.835. The van der Waals surface area contributed by atoms with Crippen LogP contribution in [0, 0.1) is 5.92 Å². The summed E-state index contributed by atoms with van der Waals surface area (Å²) in [6.45, 7) is 0. The third kappa shape index (κ3) is 2.09. The molecule has 84 valence electrons. The van der Waals surface area contributed by atoms with Gasteiger partial charge >= 0.3 is 0 Å². The van der Waals surface area contributed by atoms with Crippen LogP contribution in [0.15, 0.2) is 24.3 Å². The number of H-pyrrole nitrogens is 1. The van der Waals surface area contributed by atoms with Gasteiger partial charge in [0.1, 0.15) is 5.82 Å². The highest BCUT2D eigenvalue weighted by atomic mass is 32.2. The van der Waals surface area contributed by atoms with Crippen LogP contribution >= 0.6 is 11.8 Å². The Labute approximate surface area is 99.8 Å². The molecule has 0 saturated carbocycles. The molecule has 2 heterocycles. The molecule has 0 aliphatic carbocycles. The molecular weight excluding hydrogens is 216 g/mol. The van der Waals surface area contributed by atoms with E-state index in [2.05, 4.69) is 39.9 Å². The number of aromatic nitrogens is 2. The molecule has 3 rings (SSSR count). The molecule has 0 unspecified atom stereocenters. The summed E-state index contributed by atoms with van der Waals surface area (Å²) in [4.78, 5) is 8.07. The number of hydrogen-bond donors (Lipinski definition) is 1. The summed E-state index contributed by atoms with van der Waals surface area (Å²) in [6, 6.07) is 8.28. The number of imidazole rings is 1. The van der Waals surface area contributed by atoms with Gasteiger partial charge in [-0.1, -0.05) is 12.1 Å². The van der Waals surface area contributed by atoms with Crippen LogP contribution in [0.5, 0.6) is 0 Å². The van der Waals surface area contributed by atoms with Gasteiger partial charge in [0.05, 0.1) is 11.0 Å². The van der Waals surface area contributed by atoms with Crippen molar-refractivity contribution in [2.24, 2.45) is 5.92 Å². The van der Waals surface area contributed by atoms with Crippen LogP contribution in [-0.4, -0.2) is 21.5 Å². The van der Waals surface area contributed by atoms with Crippen molar-refractivity contribution in [3.8, 4) is 0 Å². The second kappa shape index (κ2) is 4.50. The predicted molar refractivity (Wildman–Crippen MR) is 69.8 cm³/mol. The molecule has 0 amide bonds. The second-order valence-corrected chi connectivity index (χ2v) is 5.69. The maximum Gasteiger partial charge on any atom is 0.107 e. The summed E-state index contributed by atoms with van der Waals surface area (Å²) < 4.78 is 0. The van der Waals surface area contributed by atoms with Crippen LogP contribution in [0.25, 0.3) is 11.0 Å². The first kappa shape index (κ1) is 10.2. The zero-order valence-electron chi connectivity index (χ0n) is 9.28. The summed E-state index contributed by atoms with van der Waals surface area (Å²) in [5, 5.41) is 0. The van der Waals surface area contributed by atoms with Gasteiger partial charge in [0.15, 0.2) is 0 Å². The number of nitrogens with zero attached hydrogens (tertiary/aromatic N) is 1. The molecule has 0 bridgehead atoms. The number of nitrogens with one attached hydrogen (secondary N) is 1. The van der Waals surface area contributed by atoms with Crippen molar-refractivity contribution >= 4 is 22.8 Å². The molecule has 1 aromatic heterocycles. The average molecular weight is 232 g/mol. The van der Waals surface area contributed by atoms with Crippen molar-refractivity contribution in [3.63, 3.8) is 0 Å². The van der Waals surface area contributed by atoms with E-state index in [1.807, 2.05) is 6.07 Å². The first-order valence-electron chi connectivity index (χ1n) is 5.93. The third-order valence-corrected chi connectivity index (χ3v) is 4.31. The lowest BCUT2D eigenvalue weighted by atomic mass is 9.99. The smallest absolute Gasteiger partial charge is 0.107 e. The van der Waals surface area contributed by atoms with E-state index < -0.39 is 0 Å². The highest BCUT2D eigenvalue weighted by Gasteiger charge is 2.15. The van der Waals surface area contributed by atoms with E-state index in [0.717, 1.165) is 23.7 Å². The van der Waals surface area contributed by atoms with E-state index in [9.17, 15) is 0 Å². The Bertz CT molecular complexity index is 438. The lowest BCUT2D eigenvalue weighted by Gasteiger charge is -2.19. The number of fused-ring (bicyclic) bond motifs is 1. The van der Waals surface area contributed by atoms with Gasteiger partial charge in [-0.15, -0.1) is 0 Å². The van der Waals surface area contributed by atoms with E-state index in [0.29, 0.717) is 0 Å². The fraction of sp³-hybridized carbons (Fsp3) is 0.462. The molecule has 3 heteroatoms. The van der Waals surface area contributed by atoms with Crippen molar-refractivity contribution in [2.45, 2.75) is 19.3 Å². The Morgan fingerprint density at radius 1 is 1.25 bits per heavy atom. The number of benzene rings is 1. The van der Waals surface area contributed by atoms with Crippen LogP contribution in [0.1, 0.15) is 18.7 Å². The summed E-state index contributed by atoms with van der Waals surface area (Å²) in [5.41, 5.74) is 2.27. The zero-order valence-corrected chi connectivity index (χ0v) is 10.1. The Hall–Kier alpha value is -0.960. The quantitative estimate of drug-likeness (QED) is 0.861. The molecule has 1 N–H and O–H groups in total. The average Bonchev–Trinajstić information content (AvgIpc) is 2.72. The summed E-state index contributed by atoms with van der Waals surface area (Å²) >= 11 is 2.08. The van der Waals surface area contributed by atoms with Crippen molar-refractivity contribution in [3.05, 3.63) is 30.1 Å². The minimum Gasteiger partial charge on any atom is -0.342 e. The molecule has 2 nitrogen and oxygen atoms in total. The summed E-state index contributed by atoms with van der Waals surface area (Å²) in [6.07, 6.45) is 3.82. The molecule has 1 saturated heterocycles. The predicted octanol–water partition coefficient (Wildman–Crippen LogP) is 3.25. The lowest BCUT2D eigenvalue weighted by Crippen LogP contribution is -2.12. The maximum absolute atomic E-state index is 4.64. The van der Waals surface area contributed by atoms with Crippen molar-refractivity contribution < 1.29 is 0 Å². The van der Waals surface area contributed by atoms with Crippen molar-refractivity contribution in [2.75, 3.05) is 11.5 Å². The van der Waals surface area contributed by atoms with Crippen molar-refractivity contribution in [1.29, 1.82) is 0 Å². The summed E-state index contributed by atoms with van der Waals surface area (Å²) in [7, 11) is 0. The lowest BCUT2D eigenvalue weighted by molar-refractivity contribution is 0.478. The molecular formula is C13H16N2S. The number of aromatic amines is 1. The van der Waals surface area contributed by atoms with Gasteiger partial charge in [0.25, 0.3) is 0 Å². The van der Waals surface area contributed by atoms with Crippen LogP contribution in [0.3, 0.4) is 0 Å². The fourth-order valence-electron chi connectivity index (χ4n) is 2.33. The zero-order chi connectivity index (χ0) is 10.8. The Morgan fingerprint density at radius 2 is 2.06 bits per heavy atom. The van der Waals surface area contributed by atoms with Gasteiger partial charge in [-0.05, 0) is 42.4 Å². The highest BCUT2D eigenvalue weighted by Crippen LogP contribution is 2.25. The van der Waals surface area contributed by atoms with Gasteiger partial charge in [-0.2, -0.15) is 11.8 Å². The normalized spacial score (nSPS) is 18.0. The Kier molecular flexibility index (Phi) is 2.87. The Morgan fingerprint density at radius 3 is 2.88 bits per heavy atom. The number of thioether (sulfide) groups is 1. The highest BCUT2D eigenvalue weighted by molar-refractivity contribution is 7.99. The standard InChI is InChI=1S/C13H16N2S/c1-2-4-12-11(3-1)14-13(15-12)9-10-5-7-16-8-6-10/h1-4,10H,5-9H2,(H,14,15). The maximum atomic E-state index is 4.64. The third-order valence-electron chi connectivity index (χ3n) is 3.26. The number of para-hydroxylation sites is 2. The SMILES string of the molecule is c1ccc2[nH]c(CC3CCSCC3)nc2c1. The first-order valence-corrected chi connectivity index (χ1v) is 7.08. The number of rotatable bonds is 2. The van der Waals surface area contributed by atoms with E-state index in [-0.39, 0.29) is 0 Å². The van der Waals surface area contributed by atoms with E-state index in [1.165, 1.54) is 29.9 Å². The topological polar surface area (TPSA) is 28.7 Å². The molecule has 2 aromatic rings. The van der Waals surface area contributed by atoms with Gasteiger partial charge in [-0.25, -0.2) is 4.98 Å². The summed E-state index contributed by atoms with van der Waals surface area (Å²) in [5.74, 6) is 4.65. The molecule has 1 aliphatic heterocycles. The first-order chi connectivity index (χ1) is 7.92. The van der Waals surface area contributed by atoms with Crippen LogP contribution in [0.2, 0.25) is 0 Å². The molecule has 1 aromatic carbocycles. The van der Waals surface area contributed by atoms with Crippen LogP contribution in [-0.2, 0) is 6.42 Å². The largest absolute Gasteiger partial charge is 0.342 e. The molecule has 16 heavy (non-hydrogen) atoms. The molecule has 1 fully saturated rings. The molecule has 1 aliphatic rings. The monoisotopic (exact) mass is 232 g/mol. The second-order valence-electron chi connectivity index (χ2n) is 4.46. The van der Waals surface area contributed by atoms with Crippen molar-refractivity contribution in [1.82, 2.24) is 9.97 Å². The van der Waals surface area contributed by atoms with Crippen LogP contribution in [0.4, 0.5) is 0 Å². The van der Waals surface area contributed by atoms with Gasteiger partial charge in [0, 0.05) is 6.42 Å². The van der Waals surface area contributed by atoms with Gasteiger partial charge in [-0.3, -0.25) is 0 Å². The van der Waals surface area contributed by atoms with E-state index in [1.54, 1.807) is 0 Å². The molecule has 0 atom stereocenters.